The van der Waals surface area contributed by atoms with Crippen molar-refractivity contribution in [3.63, 3.8) is 0 Å². The lowest BCUT2D eigenvalue weighted by Gasteiger charge is -1.91. The summed E-state index contributed by atoms with van der Waals surface area (Å²) < 4.78 is 5.46. The fourth-order valence-corrected chi connectivity index (χ4v) is 2.29. The predicted molar refractivity (Wildman–Crippen MR) is 54.0 cm³/mol. The number of thiophene rings is 1. The number of aryl methyl sites for hydroxylation is 3. The predicted octanol–water partition coefficient (Wildman–Crippen LogP) is 3.33. The van der Waals surface area contributed by atoms with Crippen molar-refractivity contribution in [1.29, 1.82) is 0 Å². The van der Waals surface area contributed by atoms with Gasteiger partial charge in [-0.2, -0.15) is 0 Å². The summed E-state index contributed by atoms with van der Waals surface area (Å²) in [6, 6.07) is 2.14. The summed E-state index contributed by atoms with van der Waals surface area (Å²) in [5, 5.41) is 0. The average molecular weight is 193 g/mol. The first-order chi connectivity index (χ1) is 6.16. The Bertz CT molecular complexity index is 428. The summed E-state index contributed by atoms with van der Waals surface area (Å²) in [6.45, 7) is 6.06. The third-order valence-corrected chi connectivity index (χ3v) is 2.89. The molecule has 2 heterocycles. The van der Waals surface area contributed by atoms with Gasteiger partial charge in [-0.3, -0.25) is 0 Å². The van der Waals surface area contributed by atoms with Crippen LogP contribution in [0.5, 0.6) is 0 Å². The van der Waals surface area contributed by atoms with Crippen LogP contribution in [-0.4, -0.2) is 4.98 Å². The molecule has 2 rings (SSSR count). The lowest BCUT2D eigenvalue weighted by Crippen LogP contribution is -1.70. The molecule has 0 aliphatic carbocycles. The van der Waals surface area contributed by atoms with Crippen LogP contribution < -0.4 is 0 Å². The maximum atomic E-state index is 5.46. The summed E-state index contributed by atoms with van der Waals surface area (Å²) in [4.78, 5) is 6.67. The van der Waals surface area contributed by atoms with Crippen LogP contribution in [0.3, 0.4) is 0 Å². The van der Waals surface area contributed by atoms with E-state index in [0.717, 1.165) is 11.7 Å². The molecule has 2 nitrogen and oxygen atoms in total. The molecule has 0 unspecified atom stereocenters. The zero-order valence-electron chi connectivity index (χ0n) is 7.92. The smallest absolute Gasteiger partial charge is 0.191 e. The molecule has 0 amide bonds. The van der Waals surface area contributed by atoms with Gasteiger partial charge in [-0.25, -0.2) is 4.98 Å². The lowest BCUT2D eigenvalue weighted by molar-refractivity contribution is 0.534. The summed E-state index contributed by atoms with van der Waals surface area (Å²) in [6.07, 6.45) is 1.78. The quantitative estimate of drug-likeness (QED) is 0.694. The van der Waals surface area contributed by atoms with E-state index in [4.69, 9.17) is 4.42 Å². The van der Waals surface area contributed by atoms with Crippen molar-refractivity contribution in [2.24, 2.45) is 0 Å². The van der Waals surface area contributed by atoms with Crippen molar-refractivity contribution in [3.8, 4) is 11.3 Å². The Kier molecular flexibility index (Phi) is 1.96. The largest absolute Gasteiger partial charge is 0.441 e. The van der Waals surface area contributed by atoms with E-state index in [-0.39, 0.29) is 0 Å². The number of aromatic nitrogens is 1. The normalized spacial score (nSPS) is 10.7. The van der Waals surface area contributed by atoms with Crippen LogP contribution in [0, 0.1) is 20.8 Å². The molecule has 0 saturated carbocycles. The van der Waals surface area contributed by atoms with Gasteiger partial charge in [-0.05, 0) is 19.9 Å². The SMILES string of the molecule is Cc1ncc(-c2cc(C)sc2C)o1. The zero-order valence-corrected chi connectivity index (χ0v) is 8.73. The van der Waals surface area contributed by atoms with Gasteiger partial charge in [0.15, 0.2) is 11.7 Å². The molecule has 0 aromatic carbocycles. The second-order valence-electron chi connectivity index (χ2n) is 3.07. The van der Waals surface area contributed by atoms with Crippen LogP contribution in [0.15, 0.2) is 16.7 Å². The molecule has 0 spiro atoms. The molecular formula is C10H11NOS. The first kappa shape index (κ1) is 8.51. The molecule has 0 radical (unpaired) electrons. The maximum absolute atomic E-state index is 5.46. The van der Waals surface area contributed by atoms with Crippen molar-refractivity contribution in [3.05, 3.63) is 27.9 Å². The van der Waals surface area contributed by atoms with E-state index in [1.807, 2.05) is 6.92 Å². The molecule has 2 aromatic heterocycles. The minimum absolute atomic E-state index is 0.721. The number of rotatable bonds is 1. The Morgan fingerprint density at radius 3 is 2.54 bits per heavy atom. The van der Waals surface area contributed by atoms with Gasteiger partial charge in [-0.15, -0.1) is 11.3 Å². The van der Waals surface area contributed by atoms with E-state index in [2.05, 4.69) is 24.9 Å². The minimum Gasteiger partial charge on any atom is -0.441 e. The van der Waals surface area contributed by atoms with E-state index >= 15 is 0 Å². The van der Waals surface area contributed by atoms with Crippen LogP contribution in [-0.2, 0) is 0 Å². The highest BCUT2D eigenvalue weighted by molar-refractivity contribution is 7.12. The van der Waals surface area contributed by atoms with Crippen molar-refractivity contribution < 1.29 is 4.42 Å². The number of nitrogens with zero attached hydrogens (tertiary/aromatic N) is 1. The lowest BCUT2D eigenvalue weighted by atomic mass is 10.2. The van der Waals surface area contributed by atoms with Crippen molar-refractivity contribution >= 4 is 11.3 Å². The van der Waals surface area contributed by atoms with Gasteiger partial charge in [0.25, 0.3) is 0 Å². The van der Waals surface area contributed by atoms with Crippen LogP contribution in [0.25, 0.3) is 11.3 Å². The highest BCUT2D eigenvalue weighted by Crippen LogP contribution is 2.30. The molecule has 2 aromatic rings. The van der Waals surface area contributed by atoms with E-state index in [1.165, 1.54) is 15.3 Å². The second-order valence-corrected chi connectivity index (χ2v) is 4.53. The summed E-state index contributed by atoms with van der Waals surface area (Å²) in [5.41, 5.74) is 1.17. The summed E-state index contributed by atoms with van der Waals surface area (Å²) in [5.74, 6) is 1.60. The molecule has 68 valence electrons. The fourth-order valence-electron chi connectivity index (χ4n) is 1.36. The molecule has 0 N–H and O–H groups in total. The molecule has 0 aliphatic heterocycles. The van der Waals surface area contributed by atoms with E-state index in [9.17, 15) is 0 Å². The molecule has 0 saturated heterocycles. The standard InChI is InChI=1S/C10H11NOS/c1-6-4-9(7(2)13-6)10-5-11-8(3)12-10/h4-5H,1-3H3. The van der Waals surface area contributed by atoms with Crippen molar-refractivity contribution in [2.75, 3.05) is 0 Å². The van der Waals surface area contributed by atoms with Crippen molar-refractivity contribution in [1.82, 2.24) is 4.98 Å². The first-order valence-corrected chi connectivity index (χ1v) is 4.98. The minimum atomic E-state index is 0.721. The summed E-state index contributed by atoms with van der Waals surface area (Å²) >= 11 is 1.79. The Morgan fingerprint density at radius 1 is 1.31 bits per heavy atom. The monoisotopic (exact) mass is 193 g/mol. The van der Waals surface area contributed by atoms with Crippen LogP contribution >= 0.6 is 11.3 Å². The van der Waals surface area contributed by atoms with Crippen molar-refractivity contribution in [2.45, 2.75) is 20.8 Å². The highest BCUT2D eigenvalue weighted by Gasteiger charge is 2.09. The zero-order chi connectivity index (χ0) is 9.42. The molecule has 13 heavy (non-hydrogen) atoms. The Morgan fingerprint density at radius 2 is 2.08 bits per heavy atom. The van der Waals surface area contributed by atoms with Gasteiger partial charge < -0.3 is 4.42 Å². The van der Waals surface area contributed by atoms with Gasteiger partial charge in [0, 0.05) is 22.2 Å². The Labute approximate surface area is 81.2 Å². The number of hydrogen-bond acceptors (Lipinski definition) is 3. The molecule has 0 fully saturated rings. The fraction of sp³-hybridized carbons (Fsp3) is 0.300. The van der Waals surface area contributed by atoms with Gasteiger partial charge >= 0.3 is 0 Å². The van der Waals surface area contributed by atoms with Gasteiger partial charge in [0.05, 0.1) is 6.20 Å². The number of hydrogen-bond donors (Lipinski definition) is 0. The van der Waals surface area contributed by atoms with E-state index < -0.39 is 0 Å². The van der Waals surface area contributed by atoms with Gasteiger partial charge in [0.2, 0.25) is 0 Å². The maximum Gasteiger partial charge on any atom is 0.191 e. The summed E-state index contributed by atoms with van der Waals surface area (Å²) in [7, 11) is 0. The van der Waals surface area contributed by atoms with E-state index in [0.29, 0.717) is 0 Å². The molecular weight excluding hydrogens is 182 g/mol. The Hall–Kier alpha value is -1.09. The molecule has 3 heteroatoms. The van der Waals surface area contributed by atoms with Gasteiger partial charge in [-0.1, -0.05) is 0 Å². The first-order valence-electron chi connectivity index (χ1n) is 4.16. The second kappa shape index (κ2) is 3.00. The molecule has 0 aliphatic rings. The van der Waals surface area contributed by atoms with Crippen LogP contribution in [0.4, 0.5) is 0 Å². The van der Waals surface area contributed by atoms with E-state index in [1.54, 1.807) is 17.5 Å². The molecule has 0 bridgehead atoms. The topological polar surface area (TPSA) is 26.0 Å². The third kappa shape index (κ3) is 1.52. The van der Waals surface area contributed by atoms with Crippen LogP contribution in [0.1, 0.15) is 15.6 Å². The van der Waals surface area contributed by atoms with Crippen LogP contribution in [0.2, 0.25) is 0 Å². The number of oxazole rings is 1. The highest BCUT2D eigenvalue weighted by atomic mass is 32.1. The Balaban J connectivity index is 2.51. The molecule has 0 atom stereocenters. The van der Waals surface area contributed by atoms with Gasteiger partial charge in [0.1, 0.15) is 0 Å². The average Bonchev–Trinajstić information content (AvgIpc) is 2.58. The third-order valence-electron chi connectivity index (χ3n) is 1.93.